The van der Waals surface area contributed by atoms with Crippen molar-refractivity contribution in [1.29, 1.82) is 0 Å². The molecule has 2 aromatic rings. The predicted molar refractivity (Wildman–Crippen MR) is 121 cm³/mol. The lowest BCUT2D eigenvalue weighted by Crippen LogP contribution is -2.27. The molecule has 1 heterocycles. The molecule has 1 fully saturated rings. The summed E-state index contributed by atoms with van der Waals surface area (Å²) >= 11 is 15.7. The van der Waals surface area contributed by atoms with Crippen LogP contribution in [0.4, 0.5) is 0 Å². The average Bonchev–Trinajstić information content (AvgIpc) is 2.92. The highest BCUT2D eigenvalue weighted by Crippen LogP contribution is 2.34. The second kappa shape index (κ2) is 9.05. The van der Waals surface area contributed by atoms with Crippen LogP contribution in [0.5, 0.6) is 5.75 Å². The zero-order chi connectivity index (χ0) is 20.3. The number of carbonyl (C=O) groups is 2. The molecule has 0 unspecified atom stereocenters. The molecule has 1 aliphatic rings. The van der Waals surface area contributed by atoms with E-state index in [-0.39, 0.29) is 5.91 Å². The van der Waals surface area contributed by atoms with Crippen LogP contribution < -0.4 is 4.74 Å². The second-order valence-electron chi connectivity index (χ2n) is 5.67. The fraction of sp³-hybridized carbons (Fsp3) is 0.0500. The van der Waals surface area contributed by atoms with E-state index in [1.807, 2.05) is 0 Å². The highest BCUT2D eigenvalue weighted by molar-refractivity contribution is 9.10. The van der Waals surface area contributed by atoms with E-state index in [0.29, 0.717) is 36.6 Å². The third-order valence-electron chi connectivity index (χ3n) is 3.72. The van der Waals surface area contributed by atoms with Crippen LogP contribution in [0.1, 0.15) is 15.9 Å². The summed E-state index contributed by atoms with van der Waals surface area (Å²) in [7, 11) is 0. The van der Waals surface area contributed by atoms with Crippen molar-refractivity contribution >= 4 is 73.8 Å². The Labute approximate surface area is 185 Å². The highest BCUT2D eigenvalue weighted by Gasteiger charge is 2.30. The molecule has 1 saturated heterocycles. The molecule has 2 aromatic carbocycles. The molecule has 0 bridgehead atoms. The van der Waals surface area contributed by atoms with E-state index < -0.39 is 5.97 Å². The minimum absolute atomic E-state index is 0.149. The summed E-state index contributed by atoms with van der Waals surface area (Å²) in [6, 6.07) is 11.6. The van der Waals surface area contributed by atoms with Crippen molar-refractivity contribution in [3.8, 4) is 5.75 Å². The molecule has 0 aliphatic carbocycles. The van der Waals surface area contributed by atoms with E-state index in [0.717, 1.165) is 5.56 Å². The second-order valence-corrected chi connectivity index (χ2v) is 8.63. The van der Waals surface area contributed by atoms with E-state index in [1.54, 1.807) is 54.6 Å². The molecule has 0 saturated carbocycles. The van der Waals surface area contributed by atoms with E-state index >= 15 is 0 Å². The Balaban J connectivity index is 1.76. The molecule has 0 spiro atoms. The quantitative estimate of drug-likeness (QED) is 0.175. The molecule has 1 aliphatic heterocycles. The van der Waals surface area contributed by atoms with E-state index in [9.17, 15) is 9.59 Å². The SMILES string of the molecule is C=CCN1C(=O)C(=Cc2ccc(OC(=O)c3ccc(Cl)cc3)c(Br)c2)SC1=S. The molecule has 4 nitrogen and oxygen atoms in total. The van der Waals surface area contributed by atoms with Gasteiger partial charge in [0.25, 0.3) is 5.91 Å². The topological polar surface area (TPSA) is 46.6 Å². The fourth-order valence-electron chi connectivity index (χ4n) is 2.37. The van der Waals surface area contributed by atoms with Crippen molar-refractivity contribution in [2.24, 2.45) is 0 Å². The maximum atomic E-state index is 12.4. The van der Waals surface area contributed by atoms with Crippen LogP contribution >= 0.6 is 51.5 Å². The molecule has 0 atom stereocenters. The Kier molecular flexibility index (Phi) is 6.72. The molecule has 1 amide bonds. The summed E-state index contributed by atoms with van der Waals surface area (Å²) in [4.78, 5) is 26.7. The first-order valence-corrected chi connectivity index (χ1v) is 10.4. The zero-order valence-electron chi connectivity index (χ0n) is 14.4. The molecule has 0 aromatic heterocycles. The number of esters is 1. The van der Waals surface area contributed by atoms with Crippen molar-refractivity contribution in [1.82, 2.24) is 4.90 Å². The van der Waals surface area contributed by atoms with Gasteiger partial charge in [0.05, 0.1) is 14.9 Å². The maximum Gasteiger partial charge on any atom is 0.343 e. The number of thiocarbonyl (C=S) groups is 1. The van der Waals surface area contributed by atoms with Crippen molar-refractivity contribution in [3.05, 3.63) is 80.6 Å². The van der Waals surface area contributed by atoms with Crippen molar-refractivity contribution < 1.29 is 14.3 Å². The number of carbonyl (C=O) groups excluding carboxylic acids is 2. The molecule has 8 heteroatoms. The van der Waals surface area contributed by atoms with Gasteiger partial charge in [-0.3, -0.25) is 9.69 Å². The number of benzene rings is 2. The van der Waals surface area contributed by atoms with Crippen LogP contribution in [0, 0.1) is 0 Å². The maximum absolute atomic E-state index is 12.4. The minimum Gasteiger partial charge on any atom is -0.422 e. The smallest absolute Gasteiger partial charge is 0.343 e. The Morgan fingerprint density at radius 1 is 1.29 bits per heavy atom. The van der Waals surface area contributed by atoms with Gasteiger partial charge >= 0.3 is 5.97 Å². The van der Waals surface area contributed by atoms with E-state index in [2.05, 4.69) is 22.5 Å². The van der Waals surface area contributed by atoms with Gasteiger partial charge in [-0.05, 0) is 64.0 Å². The van der Waals surface area contributed by atoms with E-state index in [4.69, 9.17) is 28.6 Å². The van der Waals surface area contributed by atoms with Gasteiger partial charge in [-0.15, -0.1) is 6.58 Å². The summed E-state index contributed by atoms with van der Waals surface area (Å²) in [5, 5.41) is 0.542. The van der Waals surface area contributed by atoms with Gasteiger partial charge in [-0.1, -0.05) is 47.7 Å². The Morgan fingerprint density at radius 3 is 2.64 bits per heavy atom. The first-order valence-electron chi connectivity index (χ1n) is 8.02. The van der Waals surface area contributed by atoms with Gasteiger partial charge in [0.2, 0.25) is 0 Å². The molecular weight excluding hydrogens is 482 g/mol. The standard InChI is InChI=1S/C20H13BrClNO3S2/c1-2-9-23-18(24)17(28-20(23)27)11-12-3-8-16(15(21)10-12)26-19(25)13-4-6-14(22)7-5-13/h2-8,10-11H,1,9H2. The van der Waals surface area contributed by atoms with Crippen molar-refractivity contribution in [2.75, 3.05) is 6.54 Å². The largest absolute Gasteiger partial charge is 0.422 e. The van der Waals surface area contributed by atoms with Crippen LogP contribution in [-0.2, 0) is 4.79 Å². The first kappa shape index (κ1) is 20.8. The first-order chi connectivity index (χ1) is 13.4. The van der Waals surface area contributed by atoms with Crippen LogP contribution in [0.15, 0.2) is 64.5 Å². The number of thioether (sulfide) groups is 1. The third kappa shape index (κ3) is 4.72. The third-order valence-corrected chi connectivity index (χ3v) is 5.97. The summed E-state index contributed by atoms with van der Waals surface area (Å²) in [6.07, 6.45) is 3.38. The summed E-state index contributed by atoms with van der Waals surface area (Å²) < 4.78 is 6.51. The Bertz CT molecular complexity index is 1010. The number of hydrogen-bond donors (Lipinski definition) is 0. The van der Waals surface area contributed by atoms with Crippen molar-refractivity contribution in [3.63, 3.8) is 0 Å². The monoisotopic (exact) mass is 493 g/mol. The summed E-state index contributed by atoms with van der Waals surface area (Å²) in [5.74, 6) is -0.268. The van der Waals surface area contributed by atoms with Gasteiger partial charge in [0.15, 0.2) is 0 Å². The van der Waals surface area contributed by atoms with Gasteiger partial charge in [0, 0.05) is 11.6 Å². The lowest BCUT2D eigenvalue weighted by atomic mass is 10.2. The summed E-state index contributed by atoms with van der Waals surface area (Å²) in [5.41, 5.74) is 1.17. The summed E-state index contributed by atoms with van der Waals surface area (Å²) in [6.45, 7) is 4.02. The molecule has 0 N–H and O–H groups in total. The Hall–Kier alpha value is -1.93. The van der Waals surface area contributed by atoms with Gasteiger partial charge in [-0.2, -0.15) is 0 Å². The molecule has 28 heavy (non-hydrogen) atoms. The zero-order valence-corrected chi connectivity index (χ0v) is 18.3. The van der Waals surface area contributed by atoms with Gasteiger partial charge in [0.1, 0.15) is 10.1 Å². The average molecular weight is 495 g/mol. The highest BCUT2D eigenvalue weighted by atomic mass is 79.9. The minimum atomic E-state index is -0.490. The predicted octanol–water partition coefficient (Wildman–Crippen LogP) is 5.71. The number of hydrogen-bond acceptors (Lipinski definition) is 5. The van der Waals surface area contributed by atoms with Gasteiger partial charge < -0.3 is 4.74 Å². The molecule has 0 radical (unpaired) electrons. The fourth-order valence-corrected chi connectivity index (χ4v) is 4.25. The lowest BCUT2D eigenvalue weighted by molar-refractivity contribution is -0.121. The lowest BCUT2D eigenvalue weighted by Gasteiger charge is -2.10. The van der Waals surface area contributed by atoms with Crippen LogP contribution in [0.2, 0.25) is 5.02 Å². The number of nitrogens with zero attached hydrogens (tertiary/aromatic N) is 1. The van der Waals surface area contributed by atoms with Crippen LogP contribution in [0.25, 0.3) is 6.08 Å². The molecular formula is C20H13BrClNO3S2. The molecule has 142 valence electrons. The van der Waals surface area contributed by atoms with Crippen LogP contribution in [-0.4, -0.2) is 27.6 Å². The van der Waals surface area contributed by atoms with Gasteiger partial charge in [-0.25, -0.2) is 4.79 Å². The van der Waals surface area contributed by atoms with E-state index in [1.165, 1.54) is 16.7 Å². The normalized spacial score (nSPS) is 15.2. The number of halogens is 2. The van der Waals surface area contributed by atoms with Crippen LogP contribution in [0.3, 0.4) is 0 Å². The molecule has 3 rings (SSSR count). The number of ether oxygens (including phenoxy) is 1. The van der Waals surface area contributed by atoms with Crippen molar-refractivity contribution in [2.45, 2.75) is 0 Å². The Morgan fingerprint density at radius 2 is 2.00 bits per heavy atom. The number of rotatable bonds is 5. The number of amides is 1.